The van der Waals surface area contributed by atoms with Crippen LogP contribution in [0, 0.1) is 20.8 Å². The van der Waals surface area contributed by atoms with Gasteiger partial charge in [-0.05, 0) is 80.9 Å². The van der Waals surface area contributed by atoms with Crippen molar-refractivity contribution in [1.29, 1.82) is 0 Å². The molecule has 5 rings (SSSR count). The topological polar surface area (TPSA) is 87.2 Å². The Bertz CT molecular complexity index is 1720. The van der Waals surface area contributed by atoms with E-state index in [9.17, 15) is 4.79 Å². The van der Waals surface area contributed by atoms with Crippen LogP contribution in [0.25, 0.3) is 5.69 Å². The summed E-state index contributed by atoms with van der Waals surface area (Å²) in [5.74, 6) is 1.68. The maximum absolute atomic E-state index is 12.7. The number of hydrogen-bond donors (Lipinski definition) is 1. The third-order valence-corrected chi connectivity index (χ3v) is 6.99. The number of halogens is 1. The molecule has 2 aromatic heterocycles. The zero-order valence-electron chi connectivity index (χ0n) is 24.4. The number of amides is 1. The van der Waals surface area contributed by atoms with E-state index in [0.717, 1.165) is 28.2 Å². The van der Waals surface area contributed by atoms with Gasteiger partial charge < -0.3 is 23.2 Å². The fraction of sp³-hybridized carbons (Fsp3) is 0.176. The van der Waals surface area contributed by atoms with Crippen LogP contribution < -0.4 is 19.6 Å². The maximum Gasteiger partial charge on any atom is 0.307 e. The summed E-state index contributed by atoms with van der Waals surface area (Å²) >= 11 is 6.28. The molecule has 0 radical (unpaired) electrons. The van der Waals surface area contributed by atoms with Gasteiger partial charge in [-0.2, -0.15) is 5.10 Å². The molecule has 0 saturated heterocycles. The van der Waals surface area contributed by atoms with E-state index in [4.69, 9.17) is 30.2 Å². The molecule has 8 nitrogen and oxygen atoms in total. The number of rotatable bonds is 11. The van der Waals surface area contributed by atoms with Gasteiger partial charge in [0, 0.05) is 33.7 Å². The molecule has 0 aliphatic carbocycles. The first-order valence-electron chi connectivity index (χ1n) is 13.7. The lowest BCUT2D eigenvalue weighted by Crippen LogP contribution is -2.17. The van der Waals surface area contributed by atoms with E-state index in [1.807, 2.05) is 55.5 Å². The van der Waals surface area contributed by atoms with Crippen molar-refractivity contribution in [2.24, 2.45) is 5.10 Å². The van der Waals surface area contributed by atoms with Crippen LogP contribution in [0.4, 0.5) is 0 Å². The second-order valence-corrected chi connectivity index (χ2v) is 10.4. The molecule has 0 spiro atoms. The summed E-state index contributed by atoms with van der Waals surface area (Å²) in [6.07, 6.45) is 1.45. The van der Waals surface area contributed by atoms with Gasteiger partial charge >= 0.3 is 5.91 Å². The van der Waals surface area contributed by atoms with Gasteiger partial charge in [0.15, 0.2) is 17.3 Å². The molecule has 0 aliphatic heterocycles. The van der Waals surface area contributed by atoms with Crippen LogP contribution in [0.3, 0.4) is 0 Å². The molecule has 0 saturated carbocycles. The van der Waals surface area contributed by atoms with E-state index in [2.05, 4.69) is 41.1 Å². The van der Waals surface area contributed by atoms with Gasteiger partial charge in [-0.25, -0.2) is 5.43 Å². The second-order valence-electron chi connectivity index (χ2n) is 10.00. The lowest BCUT2D eigenvalue weighted by molar-refractivity contribution is 0.0923. The van der Waals surface area contributed by atoms with Crippen molar-refractivity contribution >= 4 is 23.7 Å². The first-order valence-corrected chi connectivity index (χ1v) is 14.0. The largest absolute Gasteiger partial charge is 0.493 e. The number of hydrazone groups is 1. The standard InChI is InChI=1S/C34H32ClN3O5/c1-22-5-9-25(10-6-22)20-42-33-26(17-27(35)18-32(33)40-4)19-36-37-34(39)31-16-15-30(43-31)21-41-29-13-11-28(12-14-29)38-23(2)7-8-24(38)3/h5-19H,20-21H2,1-4H3,(H,37,39). The normalized spacial score (nSPS) is 11.1. The molecule has 220 valence electrons. The SMILES string of the molecule is COc1cc(Cl)cc(C=NNC(=O)c2ccc(COc3ccc(-n4c(C)ccc4C)cc3)o2)c1OCc1ccc(C)cc1. The molecule has 0 unspecified atom stereocenters. The lowest BCUT2D eigenvalue weighted by atomic mass is 10.1. The zero-order chi connectivity index (χ0) is 30.3. The molecule has 9 heteroatoms. The summed E-state index contributed by atoms with van der Waals surface area (Å²) < 4.78 is 25.2. The van der Waals surface area contributed by atoms with Crippen LogP contribution in [-0.4, -0.2) is 23.8 Å². The van der Waals surface area contributed by atoms with Crippen molar-refractivity contribution in [3.8, 4) is 22.9 Å². The molecule has 1 amide bonds. The number of carbonyl (C=O) groups is 1. The second kappa shape index (κ2) is 13.4. The monoisotopic (exact) mass is 597 g/mol. The highest BCUT2D eigenvalue weighted by molar-refractivity contribution is 6.31. The number of carbonyl (C=O) groups excluding carboxylic acids is 1. The zero-order valence-corrected chi connectivity index (χ0v) is 25.1. The van der Waals surface area contributed by atoms with E-state index in [-0.39, 0.29) is 12.4 Å². The number of benzene rings is 3. The van der Waals surface area contributed by atoms with Crippen molar-refractivity contribution in [2.75, 3.05) is 7.11 Å². The molecule has 0 bridgehead atoms. The fourth-order valence-corrected chi connectivity index (χ4v) is 4.76. The molecule has 3 aromatic carbocycles. The Morgan fingerprint density at radius 2 is 1.63 bits per heavy atom. The summed E-state index contributed by atoms with van der Waals surface area (Å²) in [5.41, 5.74) is 8.57. The number of methoxy groups -OCH3 is 1. The van der Waals surface area contributed by atoms with Crippen LogP contribution in [0.5, 0.6) is 17.2 Å². The third kappa shape index (κ3) is 7.28. The van der Waals surface area contributed by atoms with Crippen LogP contribution in [0.2, 0.25) is 5.02 Å². The lowest BCUT2D eigenvalue weighted by Gasteiger charge is -2.14. The van der Waals surface area contributed by atoms with E-state index in [1.165, 1.54) is 13.3 Å². The Kier molecular flexibility index (Phi) is 9.17. The Morgan fingerprint density at radius 1 is 0.907 bits per heavy atom. The predicted molar refractivity (Wildman–Crippen MR) is 167 cm³/mol. The van der Waals surface area contributed by atoms with Crippen molar-refractivity contribution in [3.63, 3.8) is 0 Å². The summed E-state index contributed by atoms with van der Waals surface area (Å²) in [4.78, 5) is 12.7. The summed E-state index contributed by atoms with van der Waals surface area (Å²) in [7, 11) is 1.53. The Labute approximate surface area is 255 Å². The van der Waals surface area contributed by atoms with Gasteiger partial charge in [-0.1, -0.05) is 41.4 Å². The Morgan fingerprint density at radius 3 is 2.33 bits per heavy atom. The number of furan rings is 1. The summed E-state index contributed by atoms with van der Waals surface area (Å²) in [6.45, 7) is 6.66. The van der Waals surface area contributed by atoms with E-state index >= 15 is 0 Å². The molecule has 43 heavy (non-hydrogen) atoms. The van der Waals surface area contributed by atoms with Crippen LogP contribution in [-0.2, 0) is 13.2 Å². The average molecular weight is 598 g/mol. The van der Waals surface area contributed by atoms with Crippen LogP contribution in [0.15, 0.2) is 94.4 Å². The van der Waals surface area contributed by atoms with Crippen molar-refractivity contribution in [2.45, 2.75) is 34.0 Å². The minimum atomic E-state index is -0.513. The first kappa shape index (κ1) is 29.5. The van der Waals surface area contributed by atoms with Crippen LogP contribution >= 0.6 is 11.6 Å². The smallest absolute Gasteiger partial charge is 0.307 e. The average Bonchev–Trinajstić information content (AvgIpc) is 3.62. The number of nitrogens with zero attached hydrogens (tertiary/aromatic N) is 2. The molecular formula is C34H32ClN3O5. The fourth-order valence-electron chi connectivity index (χ4n) is 4.55. The Balaban J connectivity index is 1.19. The highest BCUT2D eigenvalue weighted by Gasteiger charge is 2.14. The highest BCUT2D eigenvalue weighted by Crippen LogP contribution is 2.34. The van der Waals surface area contributed by atoms with Crippen molar-refractivity contribution in [1.82, 2.24) is 9.99 Å². The maximum atomic E-state index is 12.7. The van der Waals surface area contributed by atoms with Gasteiger partial charge in [0.2, 0.25) is 0 Å². The third-order valence-electron chi connectivity index (χ3n) is 6.77. The number of hydrogen-bond acceptors (Lipinski definition) is 6. The van der Waals surface area contributed by atoms with E-state index < -0.39 is 5.91 Å². The number of nitrogens with one attached hydrogen (secondary N) is 1. The molecule has 2 heterocycles. The summed E-state index contributed by atoms with van der Waals surface area (Å²) in [6, 6.07) is 26.6. The van der Waals surface area contributed by atoms with Gasteiger partial charge in [-0.3, -0.25) is 4.79 Å². The van der Waals surface area contributed by atoms with Gasteiger partial charge in [0.1, 0.15) is 24.7 Å². The van der Waals surface area contributed by atoms with Gasteiger partial charge in [-0.15, -0.1) is 0 Å². The minimum absolute atomic E-state index is 0.101. The number of ether oxygens (including phenoxy) is 3. The molecular weight excluding hydrogens is 566 g/mol. The molecule has 0 atom stereocenters. The van der Waals surface area contributed by atoms with Gasteiger partial charge in [0.25, 0.3) is 0 Å². The molecule has 0 fully saturated rings. The number of aromatic nitrogens is 1. The Hall–Kier alpha value is -4.95. The van der Waals surface area contributed by atoms with Crippen molar-refractivity contribution < 1.29 is 23.4 Å². The molecule has 1 N–H and O–H groups in total. The number of aryl methyl sites for hydroxylation is 3. The van der Waals surface area contributed by atoms with Gasteiger partial charge in [0.05, 0.1) is 13.3 Å². The molecule has 0 aliphatic rings. The first-order chi connectivity index (χ1) is 20.8. The molecule has 5 aromatic rings. The quantitative estimate of drug-likeness (QED) is 0.125. The predicted octanol–water partition coefficient (Wildman–Crippen LogP) is 7.58. The van der Waals surface area contributed by atoms with E-state index in [0.29, 0.717) is 40.2 Å². The van der Waals surface area contributed by atoms with E-state index in [1.54, 1.807) is 24.3 Å². The van der Waals surface area contributed by atoms with Crippen molar-refractivity contribution in [3.05, 3.63) is 130 Å². The van der Waals surface area contributed by atoms with Crippen LogP contribution in [0.1, 0.15) is 44.4 Å². The minimum Gasteiger partial charge on any atom is -0.493 e. The highest BCUT2D eigenvalue weighted by atomic mass is 35.5. The summed E-state index contributed by atoms with van der Waals surface area (Å²) in [5, 5.41) is 4.53.